The molecular weight excluding hydrogens is 250 g/mol. The molecular formula is C17H25NO2. The van der Waals surface area contributed by atoms with Gasteiger partial charge in [-0.3, -0.25) is 10.1 Å². The highest BCUT2D eigenvalue weighted by Gasteiger charge is 2.25. The predicted molar refractivity (Wildman–Crippen MR) is 80.4 cm³/mol. The average molecular weight is 275 g/mol. The van der Waals surface area contributed by atoms with Gasteiger partial charge in [0.25, 0.3) is 0 Å². The summed E-state index contributed by atoms with van der Waals surface area (Å²) in [6.45, 7) is 2.58. The zero-order chi connectivity index (χ0) is 14.2. The van der Waals surface area contributed by atoms with Gasteiger partial charge in [0, 0.05) is 6.04 Å². The number of ether oxygens (including phenoxy) is 1. The second-order valence-corrected chi connectivity index (χ2v) is 5.47. The molecule has 0 aromatic heterocycles. The first-order valence-corrected chi connectivity index (χ1v) is 7.75. The molecule has 3 heteroatoms. The van der Waals surface area contributed by atoms with E-state index < -0.39 is 0 Å². The number of carbonyl (C=O) groups is 1. The number of hydrogen-bond acceptors (Lipinski definition) is 3. The monoisotopic (exact) mass is 275 g/mol. The normalized spacial score (nSPS) is 17.6. The molecule has 0 bridgehead atoms. The minimum atomic E-state index is -0.163. The average Bonchev–Trinajstić information content (AvgIpc) is 2.50. The second-order valence-electron chi connectivity index (χ2n) is 5.47. The van der Waals surface area contributed by atoms with E-state index in [0.29, 0.717) is 19.1 Å². The topological polar surface area (TPSA) is 38.3 Å². The number of carbonyl (C=O) groups excluding carboxylic acids is 1. The van der Waals surface area contributed by atoms with Crippen LogP contribution in [0.5, 0.6) is 0 Å². The Labute approximate surface area is 121 Å². The van der Waals surface area contributed by atoms with Crippen LogP contribution >= 0.6 is 0 Å². The molecule has 20 heavy (non-hydrogen) atoms. The maximum atomic E-state index is 11.6. The van der Waals surface area contributed by atoms with Crippen molar-refractivity contribution < 1.29 is 9.53 Å². The van der Waals surface area contributed by atoms with Crippen LogP contribution in [0.2, 0.25) is 0 Å². The summed E-state index contributed by atoms with van der Waals surface area (Å²) < 4.78 is 5.01. The zero-order valence-electron chi connectivity index (χ0n) is 12.3. The van der Waals surface area contributed by atoms with Crippen molar-refractivity contribution >= 4 is 5.97 Å². The van der Waals surface area contributed by atoms with Crippen molar-refractivity contribution in [2.45, 2.75) is 45.1 Å². The SMILES string of the molecule is CCOC(=O)CNC(c1ccccc1)C1CCCCC1. The molecule has 0 aliphatic heterocycles. The number of hydrogen-bond donors (Lipinski definition) is 1. The Morgan fingerprint density at radius 3 is 2.60 bits per heavy atom. The Morgan fingerprint density at radius 1 is 1.25 bits per heavy atom. The van der Waals surface area contributed by atoms with Crippen LogP contribution in [0.15, 0.2) is 30.3 Å². The molecule has 0 heterocycles. The van der Waals surface area contributed by atoms with E-state index in [9.17, 15) is 4.79 Å². The molecule has 1 atom stereocenters. The van der Waals surface area contributed by atoms with Gasteiger partial charge in [0.1, 0.15) is 0 Å². The zero-order valence-corrected chi connectivity index (χ0v) is 12.3. The Morgan fingerprint density at radius 2 is 1.95 bits per heavy atom. The fourth-order valence-corrected chi connectivity index (χ4v) is 3.09. The van der Waals surface area contributed by atoms with Gasteiger partial charge in [-0.25, -0.2) is 0 Å². The first-order chi connectivity index (χ1) is 9.81. The minimum Gasteiger partial charge on any atom is -0.465 e. The Balaban J connectivity index is 2.02. The minimum absolute atomic E-state index is 0.163. The largest absolute Gasteiger partial charge is 0.465 e. The molecule has 1 saturated carbocycles. The third-order valence-corrected chi connectivity index (χ3v) is 4.05. The van der Waals surface area contributed by atoms with Crippen molar-refractivity contribution in [1.29, 1.82) is 0 Å². The molecule has 1 unspecified atom stereocenters. The lowest BCUT2D eigenvalue weighted by Gasteiger charge is -2.31. The maximum Gasteiger partial charge on any atom is 0.319 e. The molecule has 2 rings (SSSR count). The van der Waals surface area contributed by atoms with E-state index in [1.807, 2.05) is 13.0 Å². The standard InChI is InChI=1S/C17H25NO2/c1-2-20-16(19)13-18-17(14-9-5-3-6-10-14)15-11-7-4-8-12-15/h3,5-6,9-10,15,17-18H,2,4,7-8,11-13H2,1H3. The second kappa shape index (κ2) is 8.05. The summed E-state index contributed by atoms with van der Waals surface area (Å²) >= 11 is 0. The van der Waals surface area contributed by atoms with Crippen molar-refractivity contribution in [3.63, 3.8) is 0 Å². The van der Waals surface area contributed by atoms with Crippen LogP contribution in [0.1, 0.15) is 50.6 Å². The highest BCUT2D eigenvalue weighted by Crippen LogP contribution is 2.34. The van der Waals surface area contributed by atoms with E-state index in [0.717, 1.165) is 0 Å². The highest BCUT2D eigenvalue weighted by atomic mass is 16.5. The summed E-state index contributed by atoms with van der Waals surface area (Å²) in [4.78, 5) is 11.6. The van der Waals surface area contributed by atoms with Crippen LogP contribution < -0.4 is 5.32 Å². The number of benzene rings is 1. The van der Waals surface area contributed by atoms with Crippen molar-refractivity contribution in [2.75, 3.05) is 13.2 Å². The summed E-state index contributed by atoms with van der Waals surface area (Å²) in [6, 6.07) is 10.7. The molecule has 0 saturated heterocycles. The van der Waals surface area contributed by atoms with Gasteiger partial charge < -0.3 is 4.74 Å². The van der Waals surface area contributed by atoms with E-state index in [2.05, 4.69) is 29.6 Å². The third kappa shape index (κ3) is 4.34. The van der Waals surface area contributed by atoms with Crippen LogP contribution in [-0.2, 0) is 9.53 Å². The van der Waals surface area contributed by atoms with Crippen molar-refractivity contribution in [1.82, 2.24) is 5.32 Å². The van der Waals surface area contributed by atoms with Gasteiger partial charge in [0.05, 0.1) is 13.2 Å². The molecule has 1 N–H and O–H groups in total. The fraction of sp³-hybridized carbons (Fsp3) is 0.588. The fourth-order valence-electron chi connectivity index (χ4n) is 3.09. The van der Waals surface area contributed by atoms with E-state index in [-0.39, 0.29) is 12.0 Å². The van der Waals surface area contributed by atoms with Crippen LogP contribution in [0.25, 0.3) is 0 Å². The Bertz CT molecular complexity index is 399. The molecule has 0 spiro atoms. The van der Waals surface area contributed by atoms with Crippen LogP contribution in [0.3, 0.4) is 0 Å². The summed E-state index contributed by atoms with van der Waals surface area (Å²) in [5.74, 6) is 0.463. The lowest BCUT2D eigenvalue weighted by molar-refractivity contribution is -0.142. The van der Waals surface area contributed by atoms with E-state index >= 15 is 0 Å². The highest BCUT2D eigenvalue weighted by molar-refractivity contribution is 5.71. The Hall–Kier alpha value is -1.35. The maximum absolute atomic E-state index is 11.6. The number of nitrogens with one attached hydrogen (secondary N) is 1. The molecule has 1 fully saturated rings. The van der Waals surface area contributed by atoms with Gasteiger partial charge >= 0.3 is 5.97 Å². The van der Waals surface area contributed by atoms with Gasteiger partial charge in [-0.1, -0.05) is 49.6 Å². The summed E-state index contributed by atoms with van der Waals surface area (Å²) in [7, 11) is 0. The number of rotatable bonds is 6. The van der Waals surface area contributed by atoms with Crippen molar-refractivity contribution in [2.24, 2.45) is 5.92 Å². The number of esters is 1. The van der Waals surface area contributed by atoms with Crippen LogP contribution in [-0.4, -0.2) is 19.1 Å². The molecule has 0 radical (unpaired) electrons. The van der Waals surface area contributed by atoms with Gasteiger partial charge in [-0.15, -0.1) is 0 Å². The summed E-state index contributed by atoms with van der Waals surface area (Å²) in [6.07, 6.45) is 6.44. The van der Waals surface area contributed by atoms with Crippen LogP contribution in [0.4, 0.5) is 0 Å². The molecule has 1 aliphatic carbocycles. The predicted octanol–water partition coefficient (Wildman–Crippen LogP) is 3.46. The third-order valence-electron chi connectivity index (χ3n) is 4.05. The molecule has 1 aliphatic rings. The molecule has 1 aromatic carbocycles. The van der Waals surface area contributed by atoms with E-state index in [1.165, 1.54) is 37.7 Å². The first kappa shape index (κ1) is 15.0. The van der Waals surface area contributed by atoms with Crippen molar-refractivity contribution in [3.05, 3.63) is 35.9 Å². The van der Waals surface area contributed by atoms with Gasteiger partial charge in [-0.2, -0.15) is 0 Å². The molecule has 110 valence electrons. The van der Waals surface area contributed by atoms with Gasteiger partial charge in [0.2, 0.25) is 0 Å². The quantitative estimate of drug-likeness (QED) is 0.808. The smallest absolute Gasteiger partial charge is 0.319 e. The van der Waals surface area contributed by atoms with Crippen molar-refractivity contribution in [3.8, 4) is 0 Å². The lowest BCUT2D eigenvalue weighted by Crippen LogP contribution is -2.34. The first-order valence-electron chi connectivity index (χ1n) is 7.75. The summed E-state index contributed by atoms with van der Waals surface area (Å²) in [5, 5.41) is 3.42. The van der Waals surface area contributed by atoms with Gasteiger partial charge in [0.15, 0.2) is 0 Å². The molecule has 3 nitrogen and oxygen atoms in total. The van der Waals surface area contributed by atoms with Gasteiger partial charge in [-0.05, 0) is 31.2 Å². The Kier molecular flexibility index (Phi) is 6.06. The lowest BCUT2D eigenvalue weighted by atomic mass is 9.81. The molecule has 1 aromatic rings. The van der Waals surface area contributed by atoms with Crippen LogP contribution in [0, 0.1) is 5.92 Å². The van der Waals surface area contributed by atoms with E-state index in [4.69, 9.17) is 4.74 Å². The van der Waals surface area contributed by atoms with E-state index in [1.54, 1.807) is 0 Å². The molecule has 0 amide bonds. The summed E-state index contributed by atoms with van der Waals surface area (Å²) in [5.41, 5.74) is 1.28.